The summed E-state index contributed by atoms with van der Waals surface area (Å²) in [6, 6.07) is 12.3. The van der Waals surface area contributed by atoms with Crippen molar-refractivity contribution < 1.29 is 9.18 Å². The van der Waals surface area contributed by atoms with E-state index >= 15 is 0 Å². The minimum atomic E-state index is -0.440. The first-order valence-corrected chi connectivity index (χ1v) is 5.07. The van der Waals surface area contributed by atoms with Crippen LogP contribution in [0.25, 0.3) is 0 Å². The number of hydrogen-bond donors (Lipinski definition) is 2. The van der Waals surface area contributed by atoms with E-state index in [2.05, 4.69) is 5.32 Å². The molecule has 0 radical (unpaired) electrons. The van der Waals surface area contributed by atoms with Gasteiger partial charge in [0, 0.05) is 16.9 Å². The summed E-state index contributed by atoms with van der Waals surface area (Å²) in [6.07, 6.45) is 0. The second kappa shape index (κ2) is 4.65. The van der Waals surface area contributed by atoms with Gasteiger partial charge in [-0.25, -0.2) is 4.39 Å². The number of benzene rings is 2. The molecule has 2 rings (SSSR count). The van der Waals surface area contributed by atoms with E-state index in [1.807, 2.05) is 0 Å². The number of nitrogens with two attached hydrogens (primary N) is 1. The van der Waals surface area contributed by atoms with Gasteiger partial charge >= 0.3 is 0 Å². The highest BCUT2D eigenvalue weighted by atomic mass is 19.1. The lowest BCUT2D eigenvalue weighted by molar-refractivity contribution is 0.102. The van der Waals surface area contributed by atoms with E-state index in [0.717, 1.165) is 0 Å². The Bertz CT molecular complexity index is 555. The summed E-state index contributed by atoms with van der Waals surface area (Å²) in [6.45, 7) is 0. The van der Waals surface area contributed by atoms with Crippen LogP contribution in [0.4, 0.5) is 15.8 Å². The molecule has 0 saturated heterocycles. The Labute approximate surface area is 98.1 Å². The van der Waals surface area contributed by atoms with Crippen molar-refractivity contribution in [3.63, 3.8) is 0 Å². The van der Waals surface area contributed by atoms with E-state index in [1.165, 1.54) is 18.2 Å². The van der Waals surface area contributed by atoms with Crippen LogP contribution < -0.4 is 11.1 Å². The number of amides is 1. The van der Waals surface area contributed by atoms with E-state index < -0.39 is 5.82 Å². The van der Waals surface area contributed by atoms with Crippen molar-refractivity contribution in [1.29, 1.82) is 0 Å². The SMILES string of the molecule is Nc1cccc(NC(=O)c2cccc(F)c2)c1. The highest BCUT2D eigenvalue weighted by Crippen LogP contribution is 2.13. The molecule has 3 N–H and O–H groups in total. The third-order valence-corrected chi connectivity index (χ3v) is 2.23. The maximum absolute atomic E-state index is 12.9. The molecule has 2 aromatic rings. The highest BCUT2D eigenvalue weighted by Gasteiger charge is 2.06. The number of carbonyl (C=O) groups is 1. The second-order valence-corrected chi connectivity index (χ2v) is 3.59. The summed E-state index contributed by atoms with van der Waals surface area (Å²) in [7, 11) is 0. The quantitative estimate of drug-likeness (QED) is 0.779. The molecule has 0 aliphatic carbocycles. The second-order valence-electron chi connectivity index (χ2n) is 3.59. The van der Waals surface area contributed by atoms with Crippen molar-refractivity contribution in [3.8, 4) is 0 Å². The molecule has 0 aliphatic rings. The zero-order chi connectivity index (χ0) is 12.3. The minimum Gasteiger partial charge on any atom is -0.399 e. The van der Waals surface area contributed by atoms with Gasteiger partial charge < -0.3 is 11.1 Å². The van der Waals surface area contributed by atoms with E-state index in [9.17, 15) is 9.18 Å². The fourth-order valence-corrected chi connectivity index (χ4v) is 1.45. The predicted molar refractivity (Wildman–Crippen MR) is 65.2 cm³/mol. The van der Waals surface area contributed by atoms with Crippen LogP contribution in [-0.2, 0) is 0 Å². The first kappa shape index (κ1) is 11.1. The van der Waals surface area contributed by atoms with Gasteiger partial charge in [-0.15, -0.1) is 0 Å². The van der Waals surface area contributed by atoms with Gasteiger partial charge in [0.15, 0.2) is 0 Å². The Morgan fingerprint density at radius 3 is 2.59 bits per heavy atom. The molecule has 0 spiro atoms. The largest absolute Gasteiger partial charge is 0.399 e. The lowest BCUT2D eigenvalue weighted by Gasteiger charge is -2.05. The number of carbonyl (C=O) groups excluding carboxylic acids is 1. The molecule has 0 atom stereocenters. The Morgan fingerprint density at radius 1 is 1.12 bits per heavy atom. The predicted octanol–water partition coefficient (Wildman–Crippen LogP) is 2.66. The van der Waals surface area contributed by atoms with Crippen LogP contribution in [-0.4, -0.2) is 5.91 Å². The van der Waals surface area contributed by atoms with Gasteiger partial charge in [-0.05, 0) is 36.4 Å². The fraction of sp³-hybridized carbons (Fsp3) is 0. The molecule has 0 heterocycles. The van der Waals surface area contributed by atoms with Crippen molar-refractivity contribution in [1.82, 2.24) is 0 Å². The molecule has 0 bridgehead atoms. The standard InChI is InChI=1S/C13H11FN2O/c14-10-4-1-3-9(7-10)13(17)16-12-6-2-5-11(15)8-12/h1-8H,15H2,(H,16,17). The molecular weight excluding hydrogens is 219 g/mol. The average Bonchev–Trinajstić information content (AvgIpc) is 2.29. The molecule has 2 aromatic carbocycles. The smallest absolute Gasteiger partial charge is 0.255 e. The van der Waals surface area contributed by atoms with E-state index in [4.69, 9.17) is 5.73 Å². The summed E-state index contributed by atoms with van der Waals surface area (Å²) >= 11 is 0. The average molecular weight is 230 g/mol. The maximum Gasteiger partial charge on any atom is 0.255 e. The molecule has 17 heavy (non-hydrogen) atoms. The van der Waals surface area contributed by atoms with Crippen molar-refractivity contribution in [3.05, 3.63) is 59.9 Å². The maximum atomic E-state index is 12.9. The molecule has 4 heteroatoms. The van der Waals surface area contributed by atoms with Crippen molar-refractivity contribution in [2.45, 2.75) is 0 Å². The van der Waals surface area contributed by atoms with Gasteiger partial charge in [-0.2, -0.15) is 0 Å². The number of anilines is 2. The molecule has 0 aromatic heterocycles. The zero-order valence-electron chi connectivity index (χ0n) is 8.98. The first-order valence-electron chi connectivity index (χ1n) is 5.07. The Balaban J connectivity index is 2.17. The van der Waals surface area contributed by atoms with E-state index in [-0.39, 0.29) is 11.5 Å². The molecule has 0 saturated carbocycles. The molecular formula is C13H11FN2O. The lowest BCUT2D eigenvalue weighted by Crippen LogP contribution is -2.12. The van der Waals surface area contributed by atoms with Crippen molar-refractivity contribution >= 4 is 17.3 Å². The fourth-order valence-electron chi connectivity index (χ4n) is 1.45. The molecule has 3 nitrogen and oxygen atoms in total. The summed E-state index contributed by atoms with van der Waals surface area (Å²) < 4.78 is 12.9. The summed E-state index contributed by atoms with van der Waals surface area (Å²) in [5.74, 6) is -0.805. The Kier molecular flexibility index (Phi) is 3.05. The lowest BCUT2D eigenvalue weighted by atomic mass is 10.2. The summed E-state index contributed by atoms with van der Waals surface area (Å²) in [4.78, 5) is 11.8. The summed E-state index contributed by atoms with van der Waals surface area (Å²) in [5.41, 5.74) is 7.00. The van der Waals surface area contributed by atoms with Crippen molar-refractivity contribution in [2.75, 3.05) is 11.1 Å². The van der Waals surface area contributed by atoms with Gasteiger partial charge in [-0.1, -0.05) is 12.1 Å². The van der Waals surface area contributed by atoms with Crippen LogP contribution in [0.1, 0.15) is 10.4 Å². The third-order valence-electron chi connectivity index (χ3n) is 2.23. The van der Waals surface area contributed by atoms with E-state index in [1.54, 1.807) is 30.3 Å². The molecule has 0 fully saturated rings. The van der Waals surface area contributed by atoms with Gasteiger partial charge in [0.05, 0.1) is 0 Å². The minimum absolute atomic E-state index is 0.271. The van der Waals surface area contributed by atoms with Crippen LogP contribution in [0.2, 0.25) is 0 Å². The van der Waals surface area contributed by atoms with E-state index in [0.29, 0.717) is 11.4 Å². The highest BCUT2D eigenvalue weighted by molar-refractivity contribution is 6.04. The topological polar surface area (TPSA) is 55.1 Å². The molecule has 86 valence electrons. The van der Waals surface area contributed by atoms with Gasteiger partial charge in [0.25, 0.3) is 5.91 Å². The number of nitrogens with one attached hydrogen (secondary N) is 1. The zero-order valence-corrected chi connectivity index (χ0v) is 8.98. The molecule has 1 amide bonds. The number of nitrogen functional groups attached to an aromatic ring is 1. The Hall–Kier alpha value is -2.36. The Morgan fingerprint density at radius 2 is 1.88 bits per heavy atom. The monoisotopic (exact) mass is 230 g/mol. The normalized spacial score (nSPS) is 9.94. The number of halogens is 1. The van der Waals surface area contributed by atoms with Crippen LogP contribution in [0.3, 0.4) is 0 Å². The number of rotatable bonds is 2. The molecule has 0 aliphatic heterocycles. The van der Waals surface area contributed by atoms with Crippen LogP contribution in [0.5, 0.6) is 0 Å². The van der Waals surface area contributed by atoms with Gasteiger partial charge in [-0.3, -0.25) is 4.79 Å². The van der Waals surface area contributed by atoms with Gasteiger partial charge in [0.2, 0.25) is 0 Å². The van der Waals surface area contributed by atoms with Crippen LogP contribution in [0, 0.1) is 5.82 Å². The number of hydrogen-bond acceptors (Lipinski definition) is 2. The third kappa shape index (κ3) is 2.81. The molecule has 0 unspecified atom stereocenters. The van der Waals surface area contributed by atoms with Crippen LogP contribution >= 0.6 is 0 Å². The first-order chi connectivity index (χ1) is 8.15. The van der Waals surface area contributed by atoms with Crippen LogP contribution in [0.15, 0.2) is 48.5 Å². The van der Waals surface area contributed by atoms with Crippen molar-refractivity contribution in [2.24, 2.45) is 0 Å². The van der Waals surface area contributed by atoms with Gasteiger partial charge in [0.1, 0.15) is 5.82 Å². The summed E-state index contributed by atoms with van der Waals surface area (Å²) in [5, 5.41) is 2.64.